The molecule has 23 heavy (non-hydrogen) atoms. The smallest absolute Gasteiger partial charge is 0.255 e. The van der Waals surface area contributed by atoms with Gasteiger partial charge in [0.05, 0.1) is 0 Å². The van der Waals surface area contributed by atoms with E-state index in [0.717, 1.165) is 0 Å². The number of anilines is 2. The van der Waals surface area contributed by atoms with Crippen molar-refractivity contribution in [3.63, 3.8) is 0 Å². The summed E-state index contributed by atoms with van der Waals surface area (Å²) in [6, 6.07) is 13.4. The van der Waals surface area contributed by atoms with Crippen LogP contribution in [0.2, 0.25) is 0 Å². The Morgan fingerprint density at radius 3 is 2.17 bits per heavy atom. The average Bonchev–Trinajstić information content (AvgIpc) is 2.55. The van der Waals surface area contributed by atoms with E-state index in [1.54, 1.807) is 55.5 Å². The Bertz CT molecular complexity index is 736. The lowest BCUT2D eigenvalue weighted by Gasteiger charge is -2.08. The minimum atomic E-state index is -0.279. The highest BCUT2D eigenvalue weighted by Crippen LogP contribution is 2.14. The Kier molecular flexibility index (Phi) is 5.25. The van der Waals surface area contributed by atoms with Crippen molar-refractivity contribution in [1.82, 2.24) is 0 Å². The van der Waals surface area contributed by atoms with E-state index >= 15 is 0 Å². The summed E-state index contributed by atoms with van der Waals surface area (Å²) in [6.07, 6.45) is 0.398. The summed E-state index contributed by atoms with van der Waals surface area (Å²) in [5.41, 5.74) is 2.21. The Morgan fingerprint density at radius 2 is 1.57 bits per heavy atom. The molecule has 0 aliphatic heterocycles. The van der Waals surface area contributed by atoms with E-state index in [1.165, 1.54) is 6.92 Å². The van der Waals surface area contributed by atoms with E-state index in [0.29, 0.717) is 28.9 Å². The van der Waals surface area contributed by atoms with Gasteiger partial charge in [-0.3, -0.25) is 14.4 Å². The number of nitrogens with one attached hydrogen (secondary N) is 2. The fourth-order valence-electron chi connectivity index (χ4n) is 1.97. The van der Waals surface area contributed by atoms with Gasteiger partial charge < -0.3 is 10.6 Å². The molecular weight excluding hydrogens is 292 g/mol. The number of Topliss-reactive ketones (excluding diaryl/α,β-unsaturated/α-hetero) is 1. The zero-order valence-corrected chi connectivity index (χ0v) is 13.1. The van der Waals surface area contributed by atoms with Gasteiger partial charge in [0, 0.05) is 28.9 Å². The molecule has 118 valence electrons. The molecule has 0 atom stereocenters. The number of carbonyl (C=O) groups is 3. The van der Waals surface area contributed by atoms with Crippen molar-refractivity contribution in [2.75, 3.05) is 10.6 Å². The van der Waals surface area contributed by atoms with Gasteiger partial charge in [0.1, 0.15) is 0 Å². The van der Waals surface area contributed by atoms with Crippen LogP contribution in [0.5, 0.6) is 0 Å². The van der Waals surface area contributed by atoms with Crippen molar-refractivity contribution in [2.24, 2.45) is 0 Å². The van der Waals surface area contributed by atoms with Gasteiger partial charge in [-0.15, -0.1) is 0 Å². The van der Waals surface area contributed by atoms with Gasteiger partial charge in [-0.2, -0.15) is 0 Å². The summed E-state index contributed by atoms with van der Waals surface area (Å²) in [6.45, 7) is 3.25. The Hall–Kier alpha value is -2.95. The average molecular weight is 310 g/mol. The first kappa shape index (κ1) is 16.4. The summed E-state index contributed by atoms with van der Waals surface area (Å²) in [7, 11) is 0. The summed E-state index contributed by atoms with van der Waals surface area (Å²) in [5, 5.41) is 5.47. The number of ketones is 1. The van der Waals surface area contributed by atoms with Crippen LogP contribution in [0.15, 0.2) is 48.5 Å². The molecule has 2 N–H and O–H groups in total. The van der Waals surface area contributed by atoms with E-state index in [4.69, 9.17) is 0 Å². The Labute approximate surface area is 134 Å². The number of rotatable bonds is 5. The molecule has 0 fully saturated rings. The molecular formula is C18H18N2O3. The summed E-state index contributed by atoms with van der Waals surface area (Å²) in [4.78, 5) is 34.9. The monoisotopic (exact) mass is 310 g/mol. The largest absolute Gasteiger partial charge is 0.326 e. The second-order valence-corrected chi connectivity index (χ2v) is 5.07. The molecule has 2 amide bonds. The van der Waals surface area contributed by atoms with Crippen LogP contribution in [0.4, 0.5) is 11.4 Å². The van der Waals surface area contributed by atoms with E-state index < -0.39 is 0 Å². The number of benzene rings is 2. The molecule has 0 aromatic heterocycles. The lowest BCUT2D eigenvalue weighted by Crippen LogP contribution is -2.13. The first-order chi connectivity index (χ1) is 11.0. The van der Waals surface area contributed by atoms with Crippen LogP contribution < -0.4 is 10.6 Å². The van der Waals surface area contributed by atoms with Gasteiger partial charge in [0.2, 0.25) is 5.91 Å². The fraction of sp³-hybridized carbons (Fsp3) is 0.167. The van der Waals surface area contributed by atoms with Crippen LogP contribution in [0.3, 0.4) is 0 Å². The van der Waals surface area contributed by atoms with Gasteiger partial charge >= 0.3 is 0 Å². The first-order valence-corrected chi connectivity index (χ1v) is 7.32. The Balaban J connectivity index is 2.07. The number of carbonyl (C=O) groups excluding carboxylic acids is 3. The first-order valence-electron chi connectivity index (χ1n) is 7.32. The van der Waals surface area contributed by atoms with Crippen molar-refractivity contribution >= 4 is 29.0 Å². The molecule has 5 heteroatoms. The quantitative estimate of drug-likeness (QED) is 0.830. The van der Waals surface area contributed by atoms with Gasteiger partial charge in [0.15, 0.2) is 5.78 Å². The maximum absolute atomic E-state index is 12.2. The molecule has 0 saturated heterocycles. The van der Waals surface area contributed by atoms with Gasteiger partial charge in [-0.1, -0.05) is 19.1 Å². The highest BCUT2D eigenvalue weighted by Gasteiger charge is 2.08. The second kappa shape index (κ2) is 7.35. The zero-order chi connectivity index (χ0) is 16.8. The lowest BCUT2D eigenvalue weighted by molar-refractivity contribution is -0.115. The van der Waals surface area contributed by atoms with E-state index in [1.807, 2.05) is 0 Å². The second-order valence-electron chi connectivity index (χ2n) is 5.07. The van der Waals surface area contributed by atoms with Gasteiger partial charge in [-0.05, 0) is 43.3 Å². The summed E-state index contributed by atoms with van der Waals surface area (Å²) in [5.74, 6) is -0.417. The summed E-state index contributed by atoms with van der Waals surface area (Å²) < 4.78 is 0. The number of hydrogen-bond acceptors (Lipinski definition) is 3. The van der Waals surface area contributed by atoms with Crippen LogP contribution in [-0.4, -0.2) is 17.6 Å². The molecule has 2 aromatic rings. The molecule has 0 unspecified atom stereocenters. The van der Waals surface area contributed by atoms with Crippen LogP contribution in [0.1, 0.15) is 41.0 Å². The van der Waals surface area contributed by atoms with Crippen molar-refractivity contribution < 1.29 is 14.4 Å². The molecule has 0 aliphatic carbocycles. The summed E-state index contributed by atoms with van der Waals surface area (Å²) >= 11 is 0. The fourth-order valence-corrected chi connectivity index (χ4v) is 1.97. The van der Waals surface area contributed by atoms with Crippen LogP contribution in [-0.2, 0) is 4.79 Å². The maximum Gasteiger partial charge on any atom is 0.255 e. The van der Waals surface area contributed by atoms with Crippen molar-refractivity contribution in [3.05, 3.63) is 59.7 Å². The molecule has 0 spiro atoms. The standard InChI is InChI=1S/C18H18N2O3/c1-3-17(22)19-15-9-7-13(8-10-15)18(23)20-16-6-4-5-14(11-16)12(2)21/h4-11H,3H2,1-2H3,(H,19,22)(H,20,23). The van der Waals surface area contributed by atoms with Crippen LogP contribution >= 0.6 is 0 Å². The normalized spacial score (nSPS) is 10.0. The minimum Gasteiger partial charge on any atom is -0.326 e. The molecule has 5 nitrogen and oxygen atoms in total. The van der Waals surface area contributed by atoms with Crippen molar-refractivity contribution in [3.8, 4) is 0 Å². The van der Waals surface area contributed by atoms with Gasteiger partial charge in [-0.25, -0.2) is 0 Å². The lowest BCUT2D eigenvalue weighted by atomic mass is 10.1. The van der Waals surface area contributed by atoms with E-state index in [-0.39, 0.29) is 17.6 Å². The third kappa shape index (κ3) is 4.51. The highest BCUT2D eigenvalue weighted by molar-refractivity contribution is 6.05. The third-order valence-corrected chi connectivity index (χ3v) is 3.28. The molecule has 0 radical (unpaired) electrons. The van der Waals surface area contributed by atoms with Crippen molar-refractivity contribution in [2.45, 2.75) is 20.3 Å². The Morgan fingerprint density at radius 1 is 0.870 bits per heavy atom. The predicted molar refractivity (Wildman–Crippen MR) is 89.8 cm³/mol. The molecule has 0 saturated carbocycles. The van der Waals surface area contributed by atoms with Gasteiger partial charge in [0.25, 0.3) is 5.91 Å². The SMILES string of the molecule is CCC(=O)Nc1ccc(C(=O)Nc2cccc(C(C)=O)c2)cc1. The molecule has 2 rings (SSSR count). The third-order valence-electron chi connectivity index (χ3n) is 3.28. The predicted octanol–water partition coefficient (Wildman–Crippen LogP) is 3.49. The highest BCUT2D eigenvalue weighted by atomic mass is 16.2. The number of hydrogen-bond donors (Lipinski definition) is 2. The number of amides is 2. The van der Waals surface area contributed by atoms with Crippen LogP contribution in [0, 0.1) is 0 Å². The molecule has 0 bridgehead atoms. The molecule has 0 aliphatic rings. The topological polar surface area (TPSA) is 75.3 Å². The zero-order valence-electron chi connectivity index (χ0n) is 13.1. The molecule has 0 heterocycles. The van der Waals surface area contributed by atoms with Crippen molar-refractivity contribution in [1.29, 1.82) is 0 Å². The van der Waals surface area contributed by atoms with E-state index in [9.17, 15) is 14.4 Å². The van der Waals surface area contributed by atoms with E-state index in [2.05, 4.69) is 10.6 Å². The maximum atomic E-state index is 12.2. The molecule has 2 aromatic carbocycles. The van der Waals surface area contributed by atoms with Crippen LogP contribution in [0.25, 0.3) is 0 Å². The minimum absolute atomic E-state index is 0.0582.